The van der Waals surface area contributed by atoms with Crippen LogP contribution in [0.3, 0.4) is 0 Å². The molecular formula is C19H27N5O5S. The number of anilines is 1. The highest BCUT2D eigenvalue weighted by atomic mass is 32.2. The van der Waals surface area contributed by atoms with Gasteiger partial charge in [-0.25, -0.2) is 18.2 Å². The summed E-state index contributed by atoms with van der Waals surface area (Å²) in [5.41, 5.74) is -0.0579. The van der Waals surface area contributed by atoms with Crippen molar-refractivity contribution >= 4 is 32.7 Å². The number of pyridine rings is 1. The highest BCUT2D eigenvalue weighted by Gasteiger charge is 2.25. The summed E-state index contributed by atoms with van der Waals surface area (Å²) in [6.07, 6.45) is 3.34. The predicted octanol–water partition coefficient (Wildman–Crippen LogP) is 1.23. The van der Waals surface area contributed by atoms with E-state index >= 15 is 0 Å². The molecule has 0 radical (unpaired) electrons. The van der Waals surface area contributed by atoms with Crippen molar-refractivity contribution in [3.63, 3.8) is 0 Å². The topological polar surface area (TPSA) is 123 Å². The summed E-state index contributed by atoms with van der Waals surface area (Å²) >= 11 is 0. The highest BCUT2D eigenvalue weighted by Crippen LogP contribution is 2.21. The molecule has 1 aliphatic heterocycles. The van der Waals surface area contributed by atoms with Gasteiger partial charge in [0.15, 0.2) is 0 Å². The van der Waals surface area contributed by atoms with Crippen LogP contribution in [0.2, 0.25) is 0 Å². The first-order valence-corrected chi connectivity index (χ1v) is 11.6. The van der Waals surface area contributed by atoms with Gasteiger partial charge in [-0.05, 0) is 39.7 Å². The van der Waals surface area contributed by atoms with Crippen molar-refractivity contribution < 1.29 is 17.9 Å². The normalized spacial score (nSPS) is 16.0. The molecule has 0 atom stereocenters. The van der Waals surface area contributed by atoms with Crippen LogP contribution in [0.5, 0.6) is 0 Å². The molecule has 1 fully saturated rings. The lowest BCUT2D eigenvalue weighted by Crippen LogP contribution is -2.47. The lowest BCUT2D eigenvalue weighted by Gasteiger charge is -2.34. The lowest BCUT2D eigenvalue weighted by molar-refractivity contribution is 0.0497. The molecule has 10 nitrogen and oxygen atoms in total. The van der Waals surface area contributed by atoms with E-state index < -0.39 is 21.5 Å². The zero-order chi connectivity index (χ0) is 22.3. The number of hydrogen-bond donors (Lipinski definition) is 1. The van der Waals surface area contributed by atoms with Crippen molar-refractivity contribution in [3.05, 3.63) is 22.6 Å². The Balaban J connectivity index is 1.78. The second kappa shape index (κ2) is 7.86. The van der Waals surface area contributed by atoms with Crippen molar-refractivity contribution in [2.24, 2.45) is 7.05 Å². The van der Waals surface area contributed by atoms with E-state index in [9.17, 15) is 18.0 Å². The molecule has 3 heterocycles. The fourth-order valence-electron chi connectivity index (χ4n) is 3.36. The molecule has 1 amide bonds. The number of nitrogens with zero attached hydrogens (tertiary/aromatic N) is 4. The zero-order valence-corrected chi connectivity index (χ0v) is 18.6. The third kappa shape index (κ3) is 4.89. The molecule has 0 bridgehead atoms. The number of aryl methyl sites for hydroxylation is 1. The minimum absolute atomic E-state index is 0.0268. The van der Waals surface area contributed by atoms with Gasteiger partial charge in [-0.15, -0.1) is 0 Å². The minimum atomic E-state index is -3.57. The molecule has 0 unspecified atom stereocenters. The second-order valence-corrected chi connectivity index (χ2v) is 10.4. The standard InChI is InChI=1S/C19H27N5O5S/c1-19(2,3)29-18(26)21-13-6-8-24(9-7-13)14-10-12-11-20-17(30(5,27)28)22-15(12)23(4)16(14)25/h10-11,13H,6-9H2,1-5H3,(H,21,26). The van der Waals surface area contributed by atoms with Gasteiger partial charge < -0.3 is 15.0 Å². The maximum absolute atomic E-state index is 12.9. The Bertz CT molecular complexity index is 1130. The van der Waals surface area contributed by atoms with Crippen LogP contribution in [0.1, 0.15) is 33.6 Å². The number of carbonyl (C=O) groups is 1. The van der Waals surface area contributed by atoms with E-state index in [-0.39, 0.29) is 22.4 Å². The van der Waals surface area contributed by atoms with E-state index in [1.807, 2.05) is 25.7 Å². The number of rotatable bonds is 3. The molecule has 2 aromatic rings. The molecule has 11 heteroatoms. The average Bonchev–Trinajstić information content (AvgIpc) is 2.63. The Hall–Kier alpha value is -2.69. The summed E-state index contributed by atoms with van der Waals surface area (Å²) in [7, 11) is -2.02. The van der Waals surface area contributed by atoms with Crippen molar-refractivity contribution in [1.29, 1.82) is 0 Å². The molecular weight excluding hydrogens is 410 g/mol. The summed E-state index contributed by atoms with van der Waals surface area (Å²) in [4.78, 5) is 34.8. The van der Waals surface area contributed by atoms with Crippen LogP contribution in [-0.2, 0) is 21.6 Å². The van der Waals surface area contributed by atoms with Gasteiger partial charge in [-0.1, -0.05) is 0 Å². The van der Waals surface area contributed by atoms with Gasteiger partial charge in [0.2, 0.25) is 15.0 Å². The van der Waals surface area contributed by atoms with Crippen LogP contribution in [0.4, 0.5) is 10.5 Å². The molecule has 0 aromatic carbocycles. The Labute approximate surface area is 175 Å². The summed E-state index contributed by atoms with van der Waals surface area (Å²) in [5.74, 6) is 0. The van der Waals surface area contributed by atoms with Gasteiger partial charge >= 0.3 is 6.09 Å². The Kier molecular flexibility index (Phi) is 5.76. The van der Waals surface area contributed by atoms with Gasteiger partial charge in [0, 0.05) is 44.0 Å². The molecule has 1 N–H and O–H groups in total. The number of aromatic nitrogens is 3. The van der Waals surface area contributed by atoms with Crippen molar-refractivity contribution in [3.8, 4) is 0 Å². The van der Waals surface area contributed by atoms with Crippen LogP contribution in [0.25, 0.3) is 11.0 Å². The number of alkyl carbamates (subject to hydrolysis) is 1. The number of piperidine rings is 1. The van der Waals surface area contributed by atoms with Crippen LogP contribution in [-0.4, -0.2) is 60.0 Å². The number of sulfone groups is 1. The predicted molar refractivity (Wildman–Crippen MR) is 112 cm³/mol. The third-order valence-corrected chi connectivity index (χ3v) is 5.66. The van der Waals surface area contributed by atoms with E-state index in [2.05, 4.69) is 15.3 Å². The number of ether oxygens (including phenoxy) is 1. The van der Waals surface area contributed by atoms with E-state index in [1.165, 1.54) is 10.8 Å². The monoisotopic (exact) mass is 437 g/mol. The number of carbonyl (C=O) groups excluding carboxylic acids is 1. The fourth-order valence-corrected chi connectivity index (χ4v) is 3.85. The summed E-state index contributed by atoms with van der Waals surface area (Å²) in [5, 5.41) is 3.14. The first kappa shape index (κ1) is 22.0. The number of fused-ring (bicyclic) bond motifs is 1. The minimum Gasteiger partial charge on any atom is -0.444 e. The van der Waals surface area contributed by atoms with Gasteiger partial charge in [-0.2, -0.15) is 4.98 Å². The molecule has 2 aromatic heterocycles. The molecule has 1 aliphatic rings. The molecule has 30 heavy (non-hydrogen) atoms. The van der Waals surface area contributed by atoms with Crippen molar-refractivity contribution in [2.45, 2.75) is 50.4 Å². The van der Waals surface area contributed by atoms with Gasteiger partial charge in [0.05, 0.1) is 0 Å². The van der Waals surface area contributed by atoms with Crippen LogP contribution in [0, 0.1) is 0 Å². The number of nitrogens with one attached hydrogen (secondary N) is 1. The lowest BCUT2D eigenvalue weighted by atomic mass is 10.0. The number of hydrogen-bond acceptors (Lipinski definition) is 8. The summed E-state index contributed by atoms with van der Waals surface area (Å²) in [6, 6.07) is 1.66. The maximum atomic E-state index is 12.9. The fraction of sp³-hybridized carbons (Fsp3) is 0.579. The first-order valence-electron chi connectivity index (χ1n) is 9.66. The highest BCUT2D eigenvalue weighted by molar-refractivity contribution is 7.90. The largest absolute Gasteiger partial charge is 0.444 e. The molecule has 0 spiro atoms. The zero-order valence-electron chi connectivity index (χ0n) is 17.8. The van der Waals surface area contributed by atoms with Crippen LogP contribution in [0.15, 0.2) is 22.2 Å². The maximum Gasteiger partial charge on any atom is 0.407 e. The van der Waals surface area contributed by atoms with E-state index in [4.69, 9.17) is 4.74 Å². The van der Waals surface area contributed by atoms with Gasteiger partial charge in [0.25, 0.3) is 5.56 Å². The van der Waals surface area contributed by atoms with Crippen molar-refractivity contribution in [1.82, 2.24) is 19.9 Å². The van der Waals surface area contributed by atoms with Gasteiger partial charge in [0.1, 0.15) is 16.9 Å². The van der Waals surface area contributed by atoms with Crippen LogP contribution < -0.4 is 15.8 Å². The summed E-state index contributed by atoms with van der Waals surface area (Å²) < 4.78 is 30.1. The molecule has 164 valence electrons. The summed E-state index contributed by atoms with van der Waals surface area (Å²) in [6.45, 7) is 6.61. The van der Waals surface area contributed by atoms with Gasteiger partial charge in [-0.3, -0.25) is 9.36 Å². The quantitative estimate of drug-likeness (QED) is 0.711. The van der Waals surface area contributed by atoms with E-state index in [1.54, 1.807) is 13.1 Å². The molecule has 3 rings (SSSR count). The Morgan fingerprint density at radius 1 is 1.27 bits per heavy atom. The smallest absolute Gasteiger partial charge is 0.407 e. The van der Waals surface area contributed by atoms with E-state index in [0.29, 0.717) is 37.0 Å². The molecule has 0 aliphatic carbocycles. The third-order valence-electron chi connectivity index (χ3n) is 4.80. The Morgan fingerprint density at radius 2 is 1.90 bits per heavy atom. The average molecular weight is 438 g/mol. The number of amides is 1. The first-order chi connectivity index (χ1) is 13.8. The van der Waals surface area contributed by atoms with Crippen molar-refractivity contribution in [2.75, 3.05) is 24.2 Å². The molecule has 1 saturated heterocycles. The van der Waals surface area contributed by atoms with E-state index in [0.717, 1.165) is 6.26 Å². The molecule has 0 saturated carbocycles. The SMILES string of the molecule is Cn1c(=O)c(N2CCC(NC(=O)OC(C)(C)C)CC2)cc2cnc(S(C)(=O)=O)nc21. The Morgan fingerprint density at radius 3 is 2.47 bits per heavy atom. The second-order valence-electron chi connectivity index (χ2n) is 8.50. The van der Waals surface area contributed by atoms with Crippen LogP contribution >= 0.6 is 0 Å².